The summed E-state index contributed by atoms with van der Waals surface area (Å²) in [5.74, 6) is 0.0762. The summed E-state index contributed by atoms with van der Waals surface area (Å²) in [7, 11) is 0. The van der Waals surface area contributed by atoms with Crippen molar-refractivity contribution < 1.29 is 9.18 Å². The van der Waals surface area contributed by atoms with Gasteiger partial charge < -0.3 is 4.90 Å². The largest absolute Gasteiger partial charge is 0.350 e. The standard InChI is InChI=1S/C25H26FN5O/c1-4-7-20-13-17(3)25(29-31(20)23(32)8-5-2)30-12-10-22-19(16-30)14-18(15-28-22)21-9-6-11-27-24(21)26/h5-9,11,13-15H,4,10,12,16H2,1-3H3/b8-5-,20-7+. The number of hydrogen-bond acceptors (Lipinski definition) is 5. The van der Waals surface area contributed by atoms with Crippen LogP contribution >= 0.6 is 0 Å². The first kappa shape index (κ1) is 21.6. The third-order valence-electron chi connectivity index (χ3n) is 5.50. The number of allylic oxidation sites excluding steroid dienone is 3. The van der Waals surface area contributed by atoms with E-state index in [0.29, 0.717) is 17.7 Å². The summed E-state index contributed by atoms with van der Waals surface area (Å²) in [5.41, 5.74) is 4.94. The van der Waals surface area contributed by atoms with Crippen molar-refractivity contribution in [2.75, 3.05) is 6.54 Å². The minimum atomic E-state index is -0.509. The Hall–Kier alpha value is -3.61. The zero-order valence-corrected chi connectivity index (χ0v) is 18.5. The maximum atomic E-state index is 14.2. The molecule has 2 aromatic heterocycles. The highest BCUT2D eigenvalue weighted by molar-refractivity contribution is 6.01. The molecule has 4 heterocycles. The first-order chi connectivity index (χ1) is 15.5. The van der Waals surface area contributed by atoms with Crippen LogP contribution in [0.1, 0.15) is 38.4 Å². The predicted octanol–water partition coefficient (Wildman–Crippen LogP) is 4.61. The van der Waals surface area contributed by atoms with Gasteiger partial charge in [-0.15, -0.1) is 5.10 Å². The van der Waals surface area contributed by atoms with Crippen molar-refractivity contribution in [3.8, 4) is 11.1 Å². The fraction of sp³-hybridized carbons (Fsp3) is 0.280. The number of fused-ring (bicyclic) bond motifs is 1. The molecule has 7 heteroatoms. The van der Waals surface area contributed by atoms with Crippen molar-refractivity contribution in [3.63, 3.8) is 0 Å². The minimum absolute atomic E-state index is 0.179. The molecule has 0 aliphatic carbocycles. The van der Waals surface area contributed by atoms with Gasteiger partial charge >= 0.3 is 0 Å². The molecule has 0 spiro atoms. The Kier molecular flexibility index (Phi) is 6.25. The van der Waals surface area contributed by atoms with E-state index in [1.807, 2.05) is 39.0 Å². The Bertz CT molecular complexity index is 1160. The van der Waals surface area contributed by atoms with E-state index in [1.165, 1.54) is 17.3 Å². The smallest absolute Gasteiger partial charge is 0.271 e. The molecule has 164 valence electrons. The van der Waals surface area contributed by atoms with E-state index < -0.39 is 5.95 Å². The van der Waals surface area contributed by atoms with Gasteiger partial charge in [-0.05, 0) is 55.7 Å². The van der Waals surface area contributed by atoms with Crippen LogP contribution in [-0.2, 0) is 17.8 Å². The lowest BCUT2D eigenvalue weighted by molar-refractivity contribution is -0.124. The zero-order valence-electron chi connectivity index (χ0n) is 18.5. The minimum Gasteiger partial charge on any atom is -0.350 e. The number of rotatable bonds is 3. The Morgan fingerprint density at radius 1 is 1.31 bits per heavy atom. The van der Waals surface area contributed by atoms with Crippen LogP contribution in [0.5, 0.6) is 0 Å². The predicted molar refractivity (Wildman–Crippen MR) is 123 cm³/mol. The summed E-state index contributed by atoms with van der Waals surface area (Å²) >= 11 is 0. The lowest BCUT2D eigenvalue weighted by Crippen LogP contribution is -2.40. The Balaban J connectivity index is 1.66. The van der Waals surface area contributed by atoms with Gasteiger partial charge in [0.15, 0.2) is 5.84 Å². The molecule has 0 N–H and O–H groups in total. The van der Waals surface area contributed by atoms with Crippen molar-refractivity contribution in [2.45, 2.75) is 40.2 Å². The van der Waals surface area contributed by atoms with E-state index >= 15 is 0 Å². The number of aromatic nitrogens is 2. The number of amides is 1. The maximum absolute atomic E-state index is 14.2. The van der Waals surface area contributed by atoms with Crippen molar-refractivity contribution in [2.24, 2.45) is 5.10 Å². The summed E-state index contributed by atoms with van der Waals surface area (Å²) in [6, 6.07) is 5.39. The fourth-order valence-corrected chi connectivity index (χ4v) is 3.99. The zero-order chi connectivity index (χ0) is 22.7. The first-order valence-corrected chi connectivity index (χ1v) is 10.8. The van der Waals surface area contributed by atoms with Crippen molar-refractivity contribution >= 4 is 11.7 Å². The van der Waals surface area contributed by atoms with E-state index in [4.69, 9.17) is 5.10 Å². The van der Waals surface area contributed by atoms with Gasteiger partial charge in [-0.25, -0.2) is 4.98 Å². The van der Waals surface area contributed by atoms with Gasteiger partial charge in [-0.3, -0.25) is 9.78 Å². The van der Waals surface area contributed by atoms with Gasteiger partial charge in [-0.2, -0.15) is 9.40 Å². The Morgan fingerprint density at radius 2 is 2.16 bits per heavy atom. The lowest BCUT2D eigenvalue weighted by atomic mass is 10.00. The summed E-state index contributed by atoms with van der Waals surface area (Å²) in [6.07, 6.45) is 11.9. The molecule has 2 aliphatic heterocycles. The van der Waals surface area contributed by atoms with E-state index in [1.54, 1.807) is 24.4 Å². The molecular formula is C25H26FN5O. The second-order valence-corrected chi connectivity index (χ2v) is 7.78. The second-order valence-electron chi connectivity index (χ2n) is 7.78. The number of carbonyl (C=O) groups excluding carboxylic acids is 1. The van der Waals surface area contributed by atoms with Crippen molar-refractivity contribution in [1.82, 2.24) is 19.9 Å². The van der Waals surface area contributed by atoms with Gasteiger partial charge in [0.1, 0.15) is 0 Å². The first-order valence-electron chi connectivity index (χ1n) is 10.8. The quantitative estimate of drug-likeness (QED) is 0.526. The lowest BCUT2D eigenvalue weighted by Gasteiger charge is -2.34. The molecule has 4 rings (SSSR count). The average Bonchev–Trinajstić information content (AvgIpc) is 2.79. The molecule has 0 bridgehead atoms. The van der Waals surface area contributed by atoms with Crippen LogP contribution in [0.3, 0.4) is 0 Å². The Labute approximate surface area is 187 Å². The number of halogens is 1. The van der Waals surface area contributed by atoms with Crippen molar-refractivity contribution in [3.05, 3.63) is 83.4 Å². The number of pyridine rings is 2. The number of amidine groups is 1. The molecule has 1 amide bonds. The molecular weight excluding hydrogens is 405 g/mol. The third-order valence-corrected chi connectivity index (χ3v) is 5.50. The maximum Gasteiger partial charge on any atom is 0.271 e. The number of carbonyl (C=O) groups is 1. The number of hydrazone groups is 1. The monoisotopic (exact) mass is 431 g/mol. The summed E-state index contributed by atoms with van der Waals surface area (Å²) in [6.45, 7) is 7.18. The highest BCUT2D eigenvalue weighted by Gasteiger charge is 2.27. The molecule has 0 radical (unpaired) electrons. The van der Waals surface area contributed by atoms with Gasteiger partial charge in [0, 0.05) is 54.8 Å². The summed E-state index contributed by atoms with van der Waals surface area (Å²) in [5, 5.41) is 6.18. The van der Waals surface area contributed by atoms with Crippen molar-refractivity contribution in [1.29, 1.82) is 0 Å². The van der Waals surface area contributed by atoms with E-state index in [0.717, 1.165) is 47.7 Å². The van der Waals surface area contributed by atoms with Crippen LogP contribution < -0.4 is 0 Å². The number of nitrogens with zero attached hydrogens (tertiary/aromatic N) is 5. The van der Waals surface area contributed by atoms with Crippen LogP contribution in [0.25, 0.3) is 11.1 Å². The van der Waals surface area contributed by atoms with Gasteiger partial charge in [0.05, 0.1) is 5.70 Å². The topological polar surface area (TPSA) is 61.7 Å². The van der Waals surface area contributed by atoms with Crippen LogP contribution in [0, 0.1) is 5.95 Å². The second kappa shape index (κ2) is 9.26. The highest BCUT2D eigenvalue weighted by Crippen LogP contribution is 2.28. The number of hydrogen-bond donors (Lipinski definition) is 0. The summed E-state index contributed by atoms with van der Waals surface area (Å²) in [4.78, 5) is 23.1. The normalized spacial score (nSPS) is 17.4. The molecule has 2 aromatic rings. The molecule has 32 heavy (non-hydrogen) atoms. The van der Waals surface area contributed by atoms with Crippen LogP contribution in [0.2, 0.25) is 0 Å². The molecule has 0 atom stereocenters. The van der Waals surface area contributed by atoms with E-state index in [-0.39, 0.29) is 5.91 Å². The highest BCUT2D eigenvalue weighted by atomic mass is 19.1. The van der Waals surface area contributed by atoms with Crippen LogP contribution in [-0.4, -0.2) is 38.2 Å². The molecule has 0 aromatic carbocycles. The molecule has 2 aliphatic rings. The molecule has 0 saturated carbocycles. The van der Waals surface area contributed by atoms with Gasteiger partial charge in [0.25, 0.3) is 5.91 Å². The van der Waals surface area contributed by atoms with Crippen LogP contribution in [0.15, 0.2) is 71.3 Å². The fourth-order valence-electron chi connectivity index (χ4n) is 3.99. The SMILES string of the molecule is C/C=C\C(=O)N1N=C(N2CCc3ncc(-c4cccnc4F)cc3C2)C(C)=C/C1=C\CC. The van der Waals surface area contributed by atoms with E-state index in [2.05, 4.69) is 14.9 Å². The van der Waals surface area contributed by atoms with E-state index in [9.17, 15) is 9.18 Å². The summed E-state index contributed by atoms with van der Waals surface area (Å²) < 4.78 is 14.2. The van der Waals surface area contributed by atoms with Crippen LogP contribution in [0.4, 0.5) is 4.39 Å². The third kappa shape index (κ3) is 4.23. The van der Waals surface area contributed by atoms with Gasteiger partial charge in [0.2, 0.25) is 5.95 Å². The molecule has 0 fully saturated rings. The molecule has 0 unspecified atom stereocenters. The molecule has 0 saturated heterocycles. The molecule has 6 nitrogen and oxygen atoms in total. The Morgan fingerprint density at radius 3 is 2.91 bits per heavy atom. The van der Waals surface area contributed by atoms with Gasteiger partial charge in [-0.1, -0.05) is 19.1 Å². The average molecular weight is 432 g/mol.